The summed E-state index contributed by atoms with van der Waals surface area (Å²) < 4.78 is 0. The second kappa shape index (κ2) is 8.92. The van der Waals surface area contributed by atoms with Crippen LogP contribution in [0.2, 0.25) is 5.02 Å². The molecule has 0 radical (unpaired) electrons. The molecule has 1 heterocycles. The van der Waals surface area contributed by atoms with Gasteiger partial charge in [0, 0.05) is 28.9 Å². The fourth-order valence-corrected chi connectivity index (χ4v) is 3.56. The maximum atomic E-state index is 13.1. The van der Waals surface area contributed by atoms with Crippen molar-refractivity contribution in [1.82, 2.24) is 5.32 Å². The number of carbonyl (C=O) groups is 2. The Labute approximate surface area is 190 Å². The van der Waals surface area contributed by atoms with Gasteiger partial charge in [-0.15, -0.1) is 0 Å². The number of urea groups is 1. The third kappa shape index (κ3) is 4.31. The quantitative estimate of drug-likeness (QED) is 0.635. The fourth-order valence-electron chi connectivity index (χ4n) is 3.39. The molecule has 1 aliphatic heterocycles. The molecule has 8 heteroatoms. The number of hydrogen-bond donors (Lipinski definition) is 2. The lowest BCUT2D eigenvalue weighted by Gasteiger charge is -2.21. The summed E-state index contributed by atoms with van der Waals surface area (Å²) in [6.07, 6.45) is -1.15. The molecule has 0 saturated heterocycles. The number of nitriles is 1. The molecule has 0 fully saturated rings. The van der Waals surface area contributed by atoms with Crippen molar-refractivity contribution in [3.63, 3.8) is 0 Å². The molecule has 2 N–H and O–H groups in total. The number of carbonyl (C=O) groups excluding carboxylic acids is 2. The van der Waals surface area contributed by atoms with Gasteiger partial charge in [-0.1, -0.05) is 41.9 Å². The maximum Gasteiger partial charge on any atom is 0.321 e. The Hall–Kier alpha value is -4.15. The Kier molecular flexibility index (Phi) is 5.88. The molecule has 158 valence electrons. The molecule has 0 bridgehead atoms. The second-order valence-corrected chi connectivity index (χ2v) is 7.53. The van der Waals surface area contributed by atoms with E-state index in [1.54, 1.807) is 49.5 Å². The van der Waals surface area contributed by atoms with E-state index in [0.717, 1.165) is 5.56 Å². The predicted octanol–water partition coefficient (Wildman–Crippen LogP) is 4.17. The summed E-state index contributed by atoms with van der Waals surface area (Å²) in [6.45, 7) is 0. The van der Waals surface area contributed by atoms with E-state index in [1.807, 2.05) is 36.4 Å². The Balaban J connectivity index is 1.68. The first-order valence-electron chi connectivity index (χ1n) is 9.74. The second-order valence-electron chi connectivity index (χ2n) is 7.09. The molecule has 7 nitrogen and oxygen atoms in total. The van der Waals surface area contributed by atoms with E-state index in [1.165, 1.54) is 4.90 Å². The van der Waals surface area contributed by atoms with Crippen LogP contribution in [0.15, 0.2) is 77.8 Å². The Morgan fingerprint density at radius 3 is 2.50 bits per heavy atom. The molecular weight excluding hydrogens is 426 g/mol. The van der Waals surface area contributed by atoms with Crippen LogP contribution in [0, 0.1) is 11.3 Å². The summed E-state index contributed by atoms with van der Waals surface area (Å²) in [6, 6.07) is 22.4. The number of benzene rings is 3. The third-order valence-electron chi connectivity index (χ3n) is 4.98. The average molecular weight is 444 g/mol. The molecule has 4 rings (SSSR count). The van der Waals surface area contributed by atoms with Crippen LogP contribution in [0.1, 0.15) is 16.7 Å². The minimum atomic E-state index is -1.15. The van der Waals surface area contributed by atoms with E-state index in [2.05, 4.69) is 15.6 Å². The fraction of sp³-hybridized carbons (Fsp3) is 0.0833. The molecule has 0 saturated carbocycles. The number of halogens is 1. The van der Waals surface area contributed by atoms with E-state index >= 15 is 0 Å². The number of rotatable bonds is 3. The molecule has 32 heavy (non-hydrogen) atoms. The molecule has 3 aromatic carbocycles. The molecule has 0 aliphatic carbocycles. The van der Waals surface area contributed by atoms with E-state index in [-0.39, 0.29) is 0 Å². The van der Waals surface area contributed by atoms with Gasteiger partial charge in [0.2, 0.25) is 6.17 Å². The van der Waals surface area contributed by atoms with Crippen LogP contribution >= 0.6 is 11.6 Å². The molecule has 3 aromatic rings. The number of fused-ring (bicyclic) bond motifs is 1. The topological polar surface area (TPSA) is 97.6 Å². The zero-order valence-corrected chi connectivity index (χ0v) is 17.8. The SMILES string of the molecule is CN1C(=O)C(NC(=O)Nc2ccc(C#N)cc2)N=C(c2ccccc2)c2cc(Cl)ccc21. The lowest BCUT2D eigenvalue weighted by Crippen LogP contribution is -2.47. The van der Waals surface area contributed by atoms with Gasteiger partial charge in [-0.25, -0.2) is 9.79 Å². The minimum Gasteiger partial charge on any atom is -0.311 e. The van der Waals surface area contributed by atoms with Crippen LogP contribution in [-0.4, -0.2) is 30.9 Å². The van der Waals surface area contributed by atoms with Gasteiger partial charge >= 0.3 is 6.03 Å². The zero-order chi connectivity index (χ0) is 22.7. The number of amides is 3. The smallest absolute Gasteiger partial charge is 0.311 e. The number of aliphatic imine (C=N–C) groups is 1. The molecule has 3 amide bonds. The van der Waals surface area contributed by atoms with Crippen LogP contribution in [0.3, 0.4) is 0 Å². The van der Waals surface area contributed by atoms with E-state index in [4.69, 9.17) is 16.9 Å². The summed E-state index contributed by atoms with van der Waals surface area (Å²) >= 11 is 6.24. The lowest BCUT2D eigenvalue weighted by atomic mass is 10.0. The maximum absolute atomic E-state index is 13.1. The highest BCUT2D eigenvalue weighted by Gasteiger charge is 2.31. The van der Waals surface area contributed by atoms with Gasteiger partial charge in [-0.05, 0) is 42.5 Å². The molecular formula is C24H18ClN5O2. The summed E-state index contributed by atoms with van der Waals surface area (Å²) in [5.74, 6) is -0.394. The van der Waals surface area contributed by atoms with Crippen LogP contribution in [0.4, 0.5) is 16.2 Å². The summed E-state index contributed by atoms with van der Waals surface area (Å²) in [4.78, 5) is 31.8. The van der Waals surface area contributed by atoms with Crippen molar-refractivity contribution in [3.8, 4) is 6.07 Å². The van der Waals surface area contributed by atoms with Gasteiger partial charge in [0.25, 0.3) is 5.91 Å². The van der Waals surface area contributed by atoms with E-state index in [9.17, 15) is 9.59 Å². The molecule has 1 atom stereocenters. The van der Waals surface area contributed by atoms with Gasteiger partial charge in [-0.3, -0.25) is 4.79 Å². The van der Waals surface area contributed by atoms with Crippen molar-refractivity contribution >= 4 is 40.6 Å². The molecule has 0 spiro atoms. The molecule has 0 aromatic heterocycles. The van der Waals surface area contributed by atoms with Crippen molar-refractivity contribution in [2.45, 2.75) is 6.17 Å². The van der Waals surface area contributed by atoms with Crippen molar-refractivity contribution < 1.29 is 9.59 Å². The van der Waals surface area contributed by atoms with Gasteiger partial charge in [0.15, 0.2) is 0 Å². The van der Waals surface area contributed by atoms with Crippen molar-refractivity contribution in [2.24, 2.45) is 4.99 Å². The number of likely N-dealkylation sites (N-methyl/N-ethyl adjacent to an activating group) is 1. The monoisotopic (exact) mass is 443 g/mol. The number of nitrogens with zero attached hydrogens (tertiary/aromatic N) is 3. The zero-order valence-electron chi connectivity index (χ0n) is 17.0. The highest BCUT2D eigenvalue weighted by Crippen LogP contribution is 2.29. The van der Waals surface area contributed by atoms with E-state index in [0.29, 0.717) is 33.2 Å². The summed E-state index contributed by atoms with van der Waals surface area (Å²) in [7, 11) is 1.63. The van der Waals surface area contributed by atoms with Crippen LogP contribution in [0.25, 0.3) is 0 Å². The highest BCUT2D eigenvalue weighted by atomic mass is 35.5. The third-order valence-corrected chi connectivity index (χ3v) is 5.22. The largest absolute Gasteiger partial charge is 0.321 e. The van der Waals surface area contributed by atoms with Gasteiger partial charge in [-0.2, -0.15) is 5.26 Å². The van der Waals surface area contributed by atoms with Gasteiger partial charge in [0.05, 0.1) is 23.0 Å². The molecule has 1 unspecified atom stereocenters. The Morgan fingerprint density at radius 1 is 1.09 bits per heavy atom. The number of benzodiazepines with no additional fused rings is 1. The standard InChI is InChI=1S/C24H18ClN5O2/c1-30-20-12-9-17(25)13-19(20)21(16-5-3-2-4-6-16)28-22(23(30)31)29-24(32)27-18-10-7-15(14-26)8-11-18/h2-13,22H,1H3,(H2,27,29,32). The molecule has 1 aliphatic rings. The lowest BCUT2D eigenvalue weighted by molar-refractivity contribution is -0.119. The summed E-state index contributed by atoms with van der Waals surface area (Å²) in [5.41, 5.74) is 3.63. The number of nitrogens with one attached hydrogen (secondary N) is 2. The number of anilines is 2. The Bertz CT molecular complexity index is 1250. The first-order valence-corrected chi connectivity index (χ1v) is 10.1. The van der Waals surface area contributed by atoms with Crippen molar-refractivity contribution in [2.75, 3.05) is 17.3 Å². The normalized spacial score (nSPS) is 15.2. The first kappa shape index (κ1) is 21.1. The van der Waals surface area contributed by atoms with Crippen molar-refractivity contribution in [3.05, 3.63) is 94.5 Å². The minimum absolute atomic E-state index is 0.394. The number of hydrogen-bond acceptors (Lipinski definition) is 4. The first-order chi connectivity index (χ1) is 15.5. The Morgan fingerprint density at radius 2 is 1.81 bits per heavy atom. The predicted molar refractivity (Wildman–Crippen MR) is 124 cm³/mol. The van der Waals surface area contributed by atoms with Crippen LogP contribution in [0.5, 0.6) is 0 Å². The van der Waals surface area contributed by atoms with Crippen LogP contribution in [-0.2, 0) is 4.79 Å². The summed E-state index contributed by atoms with van der Waals surface area (Å²) in [5, 5.41) is 14.7. The van der Waals surface area contributed by atoms with Crippen LogP contribution < -0.4 is 15.5 Å². The van der Waals surface area contributed by atoms with Gasteiger partial charge < -0.3 is 15.5 Å². The van der Waals surface area contributed by atoms with Crippen molar-refractivity contribution in [1.29, 1.82) is 5.26 Å². The van der Waals surface area contributed by atoms with Gasteiger partial charge in [0.1, 0.15) is 0 Å². The average Bonchev–Trinajstić information content (AvgIpc) is 2.90. The highest BCUT2D eigenvalue weighted by molar-refractivity contribution is 6.32. The van der Waals surface area contributed by atoms with E-state index < -0.39 is 18.1 Å².